The summed E-state index contributed by atoms with van der Waals surface area (Å²) in [5, 5.41) is 4.32. The summed E-state index contributed by atoms with van der Waals surface area (Å²) < 4.78 is 50.4. The summed E-state index contributed by atoms with van der Waals surface area (Å²) in [6.45, 7) is 0.782. The number of rotatable bonds is 5. The molecule has 34 heavy (non-hydrogen) atoms. The topological polar surface area (TPSA) is 52.3 Å². The number of likely N-dealkylation sites (tertiary alicyclic amines) is 1. The van der Waals surface area contributed by atoms with Crippen molar-refractivity contribution in [3.8, 4) is 17.3 Å². The molecular formula is C25H21F3N4O2. The maximum Gasteiger partial charge on any atom is 0.259 e. The van der Waals surface area contributed by atoms with Gasteiger partial charge in [0, 0.05) is 44.4 Å². The van der Waals surface area contributed by atoms with Crippen molar-refractivity contribution >= 4 is 5.91 Å². The normalized spacial score (nSPS) is 14.4. The zero-order chi connectivity index (χ0) is 23.7. The molecule has 0 atom stereocenters. The number of benzene rings is 2. The molecule has 1 aliphatic heterocycles. The highest BCUT2D eigenvalue weighted by molar-refractivity contribution is 5.97. The molecule has 1 amide bonds. The first-order valence-corrected chi connectivity index (χ1v) is 10.9. The first-order valence-electron chi connectivity index (χ1n) is 10.9. The van der Waals surface area contributed by atoms with Gasteiger partial charge < -0.3 is 14.2 Å². The Bertz CT molecular complexity index is 1310. The molecule has 9 heteroatoms. The third-order valence-corrected chi connectivity index (χ3v) is 5.82. The third-order valence-electron chi connectivity index (χ3n) is 5.82. The van der Waals surface area contributed by atoms with Gasteiger partial charge in [0.2, 0.25) is 0 Å². The summed E-state index contributed by atoms with van der Waals surface area (Å²) in [6.07, 6.45) is 5.66. The fraction of sp³-hybridized carbons (Fsp3) is 0.200. The number of nitrogens with zero attached hydrogens (tertiary/aromatic N) is 4. The van der Waals surface area contributed by atoms with Crippen LogP contribution in [0.4, 0.5) is 13.2 Å². The van der Waals surface area contributed by atoms with Crippen LogP contribution in [0, 0.1) is 17.5 Å². The molecule has 1 fully saturated rings. The Morgan fingerprint density at radius 1 is 0.941 bits per heavy atom. The van der Waals surface area contributed by atoms with Crippen LogP contribution < -0.4 is 4.74 Å². The summed E-state index contributed by atoms with van der Waals surface area (Å²) in [5.74, 6) is -1.68. The fourth-order valence-corrected chi connectivity index (χ4v) is 4.11. The summed E-state index contributed by atoms with van der Waals surface area (Å²) in [4.78, 5) is 15.1. The van der Waals surface area contributed by atoms with Crippen molar-refractivity contribution in [2.24, 2.45) is 0 Å². The molecular weight excluding hydrogens is 445 g/mol. The van der Waals surface area contributed by atoms with Gasteiger partial charge in [0.05, 0.1) is 6.20 Å². The van der Waals surface area contributed by atoms with Crippen molar-refractivity contribution in [3.63, 3.8) is 0 Å². The lowest BCUT2D eigenvalue weighted by molar-refractivity contribution is 0.0588. The van der Waals surface area contributed by atoms with Gasteiger partial charge >= 0.3 is 0 Å². The second-order valence-electron chi connectivity index (χ2n) is 8.02. The van der Waals surface area contributed by atoms with E-state index in [0.717, 1.165) is 12.1 Å². The number of carbonyl (C=O) groups excluding carboxylic acids is 1. The number of hydrogen-bond acceptors (Lipinski definition) is 3. The Morgan fingerprint density at radius 2 is 1.68 bits per heavy atom. The fourth-order valence-electron chi connectivity index (χ4n) is 4.11. The number of piperidine rings is 1. The van der Waals surface area contributed by atoms with Crippen molar-refractivity contribution < 1.29 is 22.7 Å². The van der Waals surface area contributed by atoms with Crippen LogP contribution in [0.1, 0.15) is 23.2 Å². The van der Waals surface area contributed by atoms with Crippen LogP contribution >= 0.6 is 0 Å². The van der Waals surface area contributed by atoms with Gasteiger partial charge in [0.1, 0.15) is 29.0 Å². The van der Waals surface area contributed by atoms with Gasteiger partial charge in [0.15, 0.2) is 17.4 Å². The maximum absolute atomic E-state index is 14.5. The minimum atomic E-state index is -0.754. The van der Waals surface area contributed by atoms with Crippen LogP contribution in [0.2, 0.25) is 0 Å². The Morgan fingerprint density at radius 3 is 2.38 bits per heavy atom. The van der Waals surface area contributed by atoms with E-state index in [1.807, 2.05) is 12.1 Å². The van der Waals surface area contributed by atoms with E-state index in [-0.39, 0.29) is 23.4 Å². The molecule has 5 rings (SSSR count). The van der Waals surface area contributed by atoms with E-state index in [1.54, 1.807) is 40.1 Å². The number of aromatic nitrogens is 3. The molecule has 1 saturated heterocycles. The van der Waals surface area contributed by atoms with Crippen LogP contribution in [-0.4, -0.2) is 44.3 Å². The summed E-state index contributed by atoms with van der Waals surface area (Å²) in [7, 11) is 0. The van der Waals surface area contributed by atoms with E-state index in [1.165, 1.54) is 23.0 Å². The Balaban J connectivity index is 1.36. The molecule has 2 aromatic heterocycles. The van der Waals surface area contributed by atoms with E-state index < -0.39 is 17.5 Å². The lowest BCUT2D eigenvalue weighted by Gasteiger charge is -2.32. The number of halogens is 3. The molecule has 0 saturated carbocycles. The standard InChI is InChI=1S/C25H21F3N4O2/c26-17-7-8-23(21(28)15-17)34-18-9-13-31(14-10-18)25(33)19-16-29-32(22-6-2-1-5-20(22)27)24(19)30-11-3-4-12-30/h1-8,11-12,15-16,18H,9-10,13-14H2. The highest BCUT2D eigenvalue weighted by atomic mass is 19.1. The van der Waals surface area contributed by atoms with E-state index in [9.17, 15) is 18.0 Å². The largest absolute Gasteiger partial charge is 0.487 e. The molecule has 3 heterocycles. The molecule has 0 unspecified atom stereocenters. The SMILES string of the molecule is O=C(c1cnn(-c2ccccc2F)c1-n1cccc1)N1CCC(Oc2ccc(F)cc2F)CC1. The van der Waals surface area contributed by atoms with Crippen LogP contribution in [0.25, 0.3) is 11.5 Å². The minimum Gasteiger partial charge on any atom is -0.487 e. The van der Waals surface area contributed by atoms with E-state index in [2.05, 4.69) is 5.10 Å². The molecule has 174 valence electrons. The van der Waals surface area contributed by atoms with Crippen LogP contribution in [0.5, 0.6) is 5.75 Å². The van der Waals surface area contributed by atoms with Crippen molar-refractivity contribution in [2.75, 3.05) is 13.1 Å². The number of ether oxygens (including phenoxy) is 1. The molecule has 6 nitrogen and oxygen atoms in total. The predicted octanol–water partition coefficient (Wildman–Crippen LogP) is 4.76. The van der Waals surface area contributed by atoms with Gasteiger partial charge in [-0.3, -0.25) is 4.79 Å². The van der Waals surface area contributed by atoms with E-state index >= 15 is 0 Å². The van der Waals surface area contributed by atoms with Crippen molar-refractivity contribution in [2.45, 2.75) is 18.9 Å². The smallest absolute Gasteiger partial charge is 0.259 e. The Labute approximate surface area is 193 Å². The number of amides is 1. The number of hydrogen-bond donors (Lipinski definition) is 0. The van der Waals surface area contributed by atoms with Gasteiger partial charge in [-0.2, -0.15) is 5.10 Å². The molecule has 0 aliphatic carbocycles. The highest BCUT2D eigenvalue weighted by Gasteiger charge is 2.29. The second kappa shape index (κ2) is 9.09. The molecule has 0 radical (unpaired) electrons. The van der Waals surface area contributed by atoms with Gasteiger partial charge in [-0.25, -0.2) is 17.9 Å². The number of para-hydroxylation sites is 1. The lowest BCUT2D eigenvalue weighted by Crippen LogP contribution is -2.42. The Kier molecular flexibility index (Phi) is 5.83. The summed E-state index contributed by atoms with van der Waals surface area (Å²) in [6, 6.07) is 13.0. The average Bonchev–Trinajstić information content (AvgIpc) is 3.51. The summed E-state index contributed by atoms with van der Waals surface area (Å²) in [5.41, 5.74) is 0.571. The minimum absolute atomic E-state index is 0.00719. The second-order valence-corrected chi connectivity index (χ2v) is 8.02. The highest BCUT2D eigenvalue weighted by Crippen LogP contribution is 2.26. The molecule has 4 aromatic rings. The average molecular weight is 466 g/mol. The van der Waals surface area contributed by atoms with Gasteiger partial charge in [-0.15, -0.1) is 0 Å². The Hall–Kier alpha value is -4.01. The zero-order valence-electron chi connectivity index (χ0n) is 18.1. The molecule has 0 N–H and O–H groups in total. The quantitative estimate of drug-likeness (QED) is 0.426. The zero-order valence-corrected chi connectivity index (χ0v) is 18.1. The molecule has 1 aliphatic rings. The monoisotopic (exact) mass is 466 g/mol. The van der Waals surface area contributed by atoms with Crippen LogP contribution in [0.15, 0.2) is 73.2 Å². The van der Waals surface area contributed by atoms with E-state index in [4.69, 9.17) is 4.74 Å². The third kappa shape index (κ3) is 4.16. The lowest BCUT2D eigenvalue weighted by atomic mass is 10.1. The first-order chi connectivity index (χ1) is 16.5. The van der Waals surface area contributed by atoms with Gasteiger partial charge in [0.25, 0.3) is 5.91 Å². The van der Waals surface area contributed by atoms with Gasteiger partial charge in [-0.1, -0.05) is 12.1 Å². The van der Waals surface area contributed by atoms with Crippen LogP contribution in [-0.2, 0) is 0 Å². The maximum atomic E-state index is 14.5. The van der Waals surface area contributed by atoms with Gasteiger partial charge in [-0.05, 0) is 36.4 Å². The molecule has 0 bridgehead atoms. The first kappa shape index (κ1) is 21.8. The summed E-state index contributed by atoms with van der Waals surface area (Å²) >= 11 is 0. The molecule has 0 spiro atoms. The van der Waals surface area contributed by atoms with Crippen LogP contribution in [0.3, 0.4) is 0 Å². The van der Waals surface area contributed by atoms with Crippen molar-refractivity contribution in [1.29, 1.82) is 0 Å². The van der Waals surface area contributed by atoms with Crippen molar-refractivity contribution in [3.05, 3.63) is 96.2 Å². The number of carbonyl (C=O) groups is 1. The predicted molar refractivity (Wildman–Crippen MR) is 119 cm³/mol. The molecule has 2 aromatic carbocycles. The van der Waals surface area contributed by atoms with Crippen molar-refractivity contribution in [1.82, 2.24) is 19.2 Å². The van der Waals surface area contributed by atoms with E-state index in [0.29, 0.717) is 37.3 Å².